The monoisotopic (exact) mass is 195 g/mol. The molecule has 1 atom stereocenters. The minimum atomic E-state index is -0.336. The van der Waals surface area contributed by atoms with Crippen molar-refractivity contribution in [3.8, 4) is 5.75 Å². The maximum atomic E-state index is 12.0. The predicted octanol–water partition coefficient (Wildman–Crippen LogP) is 1.99. The number of ether oxygens (including phenoxy) is 1. The number of hydrogen-bond donors (Lipinski definition) is 1. The normalized spacial score (nSPS) is 19.1. The third-order valence-electron chi connectivity index (χ3n) is 2.50. The van der Waals surface area contributed by atoms with Crippen LogP contribution in [0.5, 0.6) is 5.75 Å². The van der Waals surface area contributed by atoms with E-state index >= 15 is 0 Å². The Morgan fingerprint density at radius 3 is 3.21 bits per heavy atom. The Morgan fingerprint density at radius 2 is 2.43 bits per heavy atom. The van der Waals surface area contributed by atoms with Gasteiger partial charge in [-0.2, -0.15) is 0 Å². The maximum Gasteiger partial charge on any atom is 0.127 e. The van der Waals surface area contributed by atoms with Gasteiger partial charge in [0.25, 0.3) is 0 Å². The van der Waals surface area contributed by atoms with Gasteiger partial charge in [0.2, 0.25) is 0 Å². The van der Waals surface area contributed by atoms with Crippen molar-refractivity contribution in [3.63, 3.8) is 0 Å². The zero-order chi connectivity index (χ0) is 9.97. The van der Waals surface area contributed by atoms with Gasteiger partial charge in [0, 0.05) is 12.1 Å². The summed E-state index contributed by atoms with van der Waals surface area (Å²) in [5.74, 6) is 0.962. The van der Waals surface area contributed by atoms with Crippen LogP contribution in [-0.4, -0.2) is 19.8 Å². The van der Waals surface area contributed by atoms with Gasteiger partial charge in [0.15, 0.2) is 0 Å². The summed E-state index contributed by atoms with van der Waals surface area (Å²) in [5.41, 5.74) is 2.30. The molecule has 0 aromatic heterocycles. The molecule has 0 saturated heterocycles. The first-order valence-corrected chi connectivity index (χ1v) is 4.84. The second kappa shape index (κ2) is 3.96. The van der Waals surface area contributed by atoms with Crippen LogP contribution < -0.4 is 10.1 Å². The van der Waals surface area contributed by atoms with E-state index in [0.29, 0.717) is 13.2 Å². The molecule has 0 radical (unpaired) electrons. The van der Waals surface area contributed by atoms with E-state index in [0.717, 1.165) is 16.9 Å². The van der Waals surface area contributed by atoms with Crippen molar-refractivity contribution in [1.82, 2.24) is 5.32 Å². The van der Waals surface area contributed by atoms with Crippen LogP contribution in [0.2, 0.25) is 0 Å². The lowest BCUT2D eigenvalue weighted by molar-refractivity contribution is 0.305. The standard InChI is InChI=1S/C11H14FNO/c1-8-3-2-4-9-10(13-6-5-12)7-14-11(8)9/h2-4,10,13H,5-7H2,1H3. The molecular formula is C11H14FNO. The predicted molar refractivity (Wildman–Crippen MR) is 53.4 cm³/mol. The smallest absolute Gasteiger partial charge is 0.127 e. The summed E-state index contributed by atoms with van der Waals surface area (Å²) in [6.07, 6.45) is 0. The van der Waals surface area contributed by atoms with E-state index in [1.54, 1.807) is 0 Å². The molecule has 1 N–H and O–H groups in total. The minimum absolute atomic E-state index is 0.153. The Hall–Kier alpha value is -1.09. The van der Waals surface area contributed by atoms with Crippen molar-refractivity contribution >= 4 is 0 Å². The number of halogens is 1. The Balaban J connectivity index is 2.18. The van der Waals surface area contributed by atoms with Crippen LogP contribution >= 0.6 is 0 Å². The van der Waals surface area contributed by atoms with E-state index in [1.807, 2.05) is 25.1 Å². The molecule has 2 nitrogen and oxygen atoms in total. The van der Waals surface area contributed by atoms with E-state index in [1.165, 1.54) is 0 Å². The molecule has 2 rings (SSSR count). The van der Waals surface area contributed by atoms with Crippen LogP contribution in [0.4, 0.5) is 4.39 Å². The van der Waals surface area contributed by atoms with Crippen molar-refractivity contribution < 1.29 is 9.13 Å². The Labute approximate surface area is 83.1 Å². The zero-order valence-corrected chi connectivity index (χ0v) is 8.22. The van der Waals surface area contributed by atoms with E-state index in [-0.39, 0.29) is 12.7 Å². The van der Waals surface area contributed by atoms with Crippen molar-refractivity contribution in [1.29, 1.82) is 0 Å². The molecule has 1 aromatic carbocycles. The second-order valence-electron chi connectivity index (χ2n) is 3.50. The average molecular weight is 195 g/mol. The fourth-order valence-electron chi connectivity index (χ4n) is 1.80. The fraction of sp³-hybridized carbons (Fsp3) is 0.455. The summed E-state index contributed by atoms with van der Waals surface area (Å²) in [5, 5.41) is 3.11. The lowest BCUT2D eigenvalue weighted by atomic mass is 10.1. The molecule has 0 fully saturated rings. The van der Waals surface area contributed by atoms with E-state index in [9.17, 15) is 4.39 Å². The lowest BCUT2D eigenvalue weighted by Crippen LogP contribution is -2.24. The van der Waals surface area contributed by atoms with Crippen LogP contribution in [0.3, 0.4) is 0 Å². The molecule has 1 aromatic rings. The van der Waals surface area contributed by atoms with Crippen molar-refractivity contribution in [2.45, 2.75) is 13.0 Å². The van der Waals surface area contributed by atoms with Crippen LogP contribution in [-0.2, 0) is 0 Å². The van der Waals surface area contributed by atoms with E-state index in [2.05, 4.69) is 5.32 Å². The highest BCUT2D eigenvalue weighted by Crippen LogP contribution is 2.34. The summed E-state index contributed by atoms with van der Waals surface area (Å²) >= 11 is 0. The molecule has 0 spiro atoms. The van der Waals surface area contributed by atoms with Crippen LogP contribution in [0, 0.1) is 6.92 Å². The number of rotatable bonds is 3. The number of alkyl halides is 1. The number of para-hydroxylation sites is 1. The van der Waals surface area contributed by atoms with Crippen molar-refractivity contribution in [3.05, 3.63) is 29.3 Å². The van der Waals surface area contributed by atoms with Gasteiger partial charge in [-0.3, -0.25) is 0 Å². The van der Waals surface area contributed by atoms with Gasteiger partial charge in [0.05, 0.1) is 6.04 Å². The minimum Gasteiger partial charge on any atom is -0.491 e. The molecule has 1 heterocycles. The third kappa shape index (κ3) is 1.60. The first-order valence-electron chi connectivity index (χ1n) is 4.84. The van der Waals surface area contributed by atoms with Crippen LogP contribution in [0.25, 0.3) is 0 Å². The fourth-order valence-corrected chi connectivity index (χ4v) is 1.80. The SMILES string of the molecule is Cc1cccc2c1OCC2NCCF. The highest BCUT2D eigenvalue weighted by molar-refractivity contribution is 5.45. The number of fused-ring (bicyclic) bond motifs is 1. The molecule has 76 valence electrons. The Bertz CT molecular complexity index is 327. The quantitative estimate of drug-likeness (QED) is 0.796. The molecule has 0 amide bonds. The number of nitrogens with one attached hydrogen (secondary N) is 1. The van der Waals surface area contributed by atoms with Crippen LogP contribution in [0.1, 0.15) is 17.2 Å². The second-order valence-corrected chi connectivity index (χ2v) is 3.50. The van der Waals surface area contributed by atoms with E-state index in [4.69, 9.17) is 4.74 Å². The van der Waals surface area contributed by atoms with Gasteiger partial charge in [-0.15, -0.1) is 0 Å². The highest BCUT2D eigenvalue weighted by atomic mass is 19.1. The van der Waals surface area contributed by atoms with Crippen LogP contribution in [0.15, 0.2) is 18.2 Å². The van der Waals surface area contributed by atoms with Gasteiger partial charge in [-0.25, -0.2) is 4.39 Å². The number of hydrogen-bond acceptors (Lipinski definition) is 2. The number of benzene rings is 1. The Kier molecular flexibility index (Phi) is 2.68. The summed E-state index contributed by atoms with van der Waals surface area (Å²) in [6, 6.07) is 6.22. The molecule has 0 aliphatic carbocycles. The molecule has 0 saturated carbocycles. The van der Waals surface area contributed by atoms with Gasteiger partial charge < -0.3 is 10.1 Å². The average Bonchev–Trinajstić information content (AvgIpc) is 2.60. The van der Waals surface area contributed by atoms with Gasteiger partial charge in [-0.1, -0.05) is 18.2 Å². The summed E-state index contributed by atoms with van der Waals surface area (Å²) in [6.45, 7) is 2.69. The molecule has 1 aliphatic heterocycles. The largest absolute Gasteiger partial charge is 0.491 e. The summed E-state index contributed by atoms with van der Waals surface area (Å²) in [7, 11) is 0. The topological polar surface area (TPSA) is 21.3 Å². The molecule has 1 aliphatic rings. The molecule has 0 bridgehead atoms. The molecule has 14 heavy (non-hydrogen) atoms. The molecule has 1 unspecified atom stereocenters. The number of aryl methyl sites for hydroxylation is 1. The van der Waals surface area contributed by atoms with Crippen molar-refractivity contribution in [2.24, 2.45) is 0 Å². The molecule has 3 heteroatoms. The molecular weight excluding hydrogens is 181 g/mol. The van der Waals surface area contributed by atoms with Crippen molar-refractivity contribution in [2.75, 3.05) is 19.8 Å². The zero-order valence-electron chi connectivity index (χ0n) is 8.22. The highest BCUT2D eigenvalue weighted by Gasteiger charge is 2.24. The Morgan fingerprint density at radius 1 is 1.57 bits per heavy atom. The summed E-state index contributed by atoms with van der Waals surface area (Å²) < 4.78 is 17.6. The van der Waals surface area contributed by atoms with Gasteiger partial charge in [0.1, 0.15) is 19.0 Å². The van der Waals surface area contributed by atoms with E-state index < -0.39 is 0 Å². The third-order valence-corrected chi connectivity index (χ3v) is 2.50. The first kappa shape index (κ1) is 9.46. The van der Waals surface area contributed by atoms with Gasteiger partial charge >= 0.3 is 0 Å². The first-order chi connectivity index (χ1) is 6.83. The maximum absolute atomic E-state index is 12.0. The summed E-state index contributed by atoms with van der Waals surface area (Å²) in [4.78, 5) is 0. The van der Waals surface area contributed by atoms with Gasteiger partial charge in [-0.05, 0) is 12.5 Å². The lowest BCUT2D eigenvalue weighted by Gasteiger charge is -2.09.